The lowest BCUT2D eigenvalue weighted by Crippen LogP contribution is -2.54. The predicted octanol–water partition coefficient (Wildman–Crippen LogP) is 3.48. The van der Waals surface area contributed by atoms with Crippen LogP contribution in [0, 0.1) is 17.8 Å². The minimum Gasteiger partial charge on any atom is -0.396 e. The Balaban J connectivity index is 1.49. The van der Waals surface area contributed by atoms with E-state index in [9.17, 15) is 19.5 Å². The van der Waals surface area contributed by atoms with Gasteiger partial charge in [-0.05, 0) is 67.9 Å². The normalized spacial score (nSPS) is 31.6. The first-order chi connectivity index (χ1) is 18.3. The molecule has 0 radical (unpaired) electrons. The number of unbranched alkanes of at least 4 members (excludes halogenated alkanes) is 2. The fourth-order valence-electron chi connectivity index (χ4n) is 7.09. The molecule has 3 aliphatic rings. The highest BCUT2D eigenvalue weighted by molar-refractivity contribution is 6.04. The molecule has 3 heterocycles. The minimum atomic E-state index is -1.06. The van der Waals surface area contributed by atoms with Crippen molar-refractivity contribution < 1.29 is 24.2 Å². The molecule has 3 unspecified atom stereocenters. The fourth-order valence-corrected chi connectivity index (χ4v) is 7.09. The number of ether oxygens (including phenoxy) is 1. The van der Waals surface area contributed by atoms with Crippen LogP contribution in [0.2, 0.25) is 0 Å². The molecular weight excluding hydrogens is 482 g/mol. The molecule has 2 aromatic rings. The lowest BCUT2D eigenvalue weighted by molar-refractivity contribution is -0.146. The molecule has 1 spiro atoms. The van der Waals surface area contributed by atoms with Crippen LogP contribution in [0.3, 0.4) is 0 Å². The molecule has 3 amide bonds. The largest absolute Gasteiger partial charge is 0.396 e. The van der Waals surface area contributed by atoms with Gasteiger partial charge in [0.2, 0.25) is 17.7 Å². The lowest BCUT2D eigenvalue weighted by atomic mass is 9.62. The van der Waals surface area contributed by atoms with Crippen molar-refractivity contribution in [3.8, 4) is 0 Å². The number of nitrogens with one attached hydrogen (secondary N) is 2. The van der Waals surface area contributed by atoms with E-state index in [1.807, 2.05) is 56.3 Å². The molecule has 0 saturated carbocycles. The number of rotatable bonds is 10. The molecule has 2 aromatic carbocycles. The molecule has 6 atom stereocenters. The molecular formula is C30H39N3O5. The Bertz CT molecular complexity index is 1230. The highest BCUT2D eigenvalue weighted by Crippen LogP contribution is 2.65. The van der Waals surface area contributed by atoms with Crippen LogP contribution in [0.25, 0.3) is 10.8 Å². The molecule has 3 aliphatic heterocycles. The zero-order chi connectivity index (χ0) is 27.1. The number of anilines is 1. The summed E-state index contributed by atoms with van der Waals surface area (Å²) in [5, 5.41) is 17.4. The Kier molecular flexibility index (Phi) is 7.22. The quantitative estimate of drug-likeness (QED) is 0.415. The summed E-state index contributed by atoms with van der Waals surface area (Å²) in [5.74, 6) is -1.98. The van der Waals surface area contributed by atoms with Crippen molar-refractivity contribution in [3.63, 3.8) is 0 Å². The Morgan fingerprint density at radius 2 is 1.87 bits per heavy atom. The van der Waals surface area contributed by atoms with Crippen molar-refractivity contribution in [1.29, 1.82) is 0 Å². The van der Waals surface area contributed by atoms with Crippen LogP contribution in [0.5, 0.6) is 0 Å². The van der Waals surface area contributed by atoms with E-state index >= 15 is 0 Å². The van der Waals surface area contributed by atoms with Crippen molar-refractivity contribution in [3.05, 3.63) is 42.5 Å². The summed E-state index contributed by atoms with van der Waals surface area (Å²) < 4.78 is 6.74. The zero-order valence-electron chi connectivity index (χ0n) is 22.5. The van der Waals surface area contributed by atoms with E-state index in [4.69, 9.17) is 4.74 Å². The number of carbonyl (C=O) groups excluding carboxylic acids is 3. The molecule has 5 rings (SSSR count). The molecule has 0 aromatic heterocycles. The van der Waals surface area contributed by atoms with Crippen molar-refractivity contribution in [1.82, 2.24) is 10.2 Å². The number of likely N-dealkylation sites (tertiary alicyclic amines) is 1. The average Bonchev–Trinajstić information content (AvgIpc) is 3.41. The number of benzene rings is 2. The van der Waals surface area contributed by atoms with Gasteiger partial charge < -0.3 is 25.4 Å². The van der Waals surface area contributed by atoms with Crippen LogP contribution in [-0.4, -0.2) is 64.7 Å². The third-order valence-corrected chi connectivity index (χ3v) is 8.97. The number of carbonyl (C=O) groups is 3. The molecule has 8 heteroatoms. The summed E-state index contributed by atoms with van der Waals surface area (Å²) in [7, 11) is 0. The van der Waals surface area contributed by atoms with Crippen molar-refractivity contribution in [2.24, 2.45) is 17.8 Å². The highest BCUT2D eigenvalue weighted by atomic mass is 16.5. The predicted molar refractivity (Wildman–Crippen MR) is 145 cm³/mol. The van der Waals surface area contributed by atoms with Crippen molar-refractivity contribution in [2.45, 2.75) is 70.1 Å². The molecule has 3 fully saturated rings. The van der Waals surface area contributed by atoms with E-state index in [0.717, 1.165) is 23.6 Å². The second kappa shape index (κ2) is 10.3. The number of fused-ring (bicyclic) bond motifs is 2. The van der Waals surface area contributed by atoms with E-state index in [1.165, 1.54) is 0 Å². The molecule has 38 heavy (non-hydrogen) atoms. The second-order valence-electron chi connectivity index (χ2n) is 11.4. The van der Waals surface area contributed by atoms with E-state index in [0.29, 0.717) is 38.0 Å². The summed E-state index contributed by atoms with van der Waals surface area (Å²) >= 11 is 0. The number of hydrogen-bond acceptors (Lipinski definition) is 5. The zero-order valence-corrected chi connectivity index (χ0v) is 22.5. The van der Waals surface area contributed by atoms with E-state index < -0.39 is 29.1 Å². The summed E-state index contributed by atoms with van der Waals surface area (Å²) in [4.78, 5) is 43.2. The molecule has 204 valence electrons. The first-order valence-corrected chi connectivity index (χ1v) is 14.0. The van der Waals surface area contributed by atoms with Crippen LogP contribution in [0.15, 0.2) is 42.5 Å². The van der Waals surface area contributed by atoms with Gasteiger partial charge in [-0.3, -0.25) is 14.4 Å². The summed E-state index contributed by atoms with van der Waals surface area (Å²) in [6.07, 6.45) is 3.38. The van der Waals surface area contributed by atoms with Gasteiger partial charge in [0.25, 0.3) is 0 Å². The van der Waals surface area contributed by atoms with Gasteiger partial charge in [0, 0.05) is 25.4 Å². The van der Waals surface area contributed by atoms with Gasteiger partial charge in [0.1, 0.15) is 11.6 Å². The van der Waals surface area contributed by atoms with Crippen LogP contribution in [-0.2, 0) is 19.1 Å². The maximum absolute atomic E-state index is 14.1. The van der Waals surface area contributed by atoms with E-state index in [-0.39, 0.29) is 30.2 Å². The molecule has 0 aliphatic carbocycles. The van der Waals surface area contributed by atoms with Gasteiger partial charge in [-0.2, -0.15) is 0 Å². The first kappa shape index (κ1) is 26.6. The van der Waals surface area contributed by atoms with Gasteiger partial charge in [0.05, 0.1) is 17.4 Å². The van der Waals surface area contributed by atoms with Crippen molar-refractivity contribution >= 4 is 34.2 Å². The number of nitrogens with zero attached hydrogens (tertiary/aromatic N) is 1. The Morgan fingerprint density at radius 1 is 1.11 bits per heavy atom. The molecule has 3 N–H and O–H groups in total. The lowest BCUT2D eigenvalue weighted by Gasteiger charge is -2.36. The van der Waals surface area contributed by atoms with Gasteiger partial charge in [0.15, 0.2) is 0 Å². The van der Waals surface area contributed by atoms with E-state index in [2.05, 4.69) is 17.6 Å². The fraction of sp³-hybridized carbons (Fsp3) is 0.567. The minimum absolute atomic E-state index is 0.00855. The van der Waals surface area contributed by atoms with Gasteiger partial charge in [-0.25, -0.2) is 0 Å². The van der Waals surface area contributed by atoms with Crippen LogP contribution >= 0.6 is 0 Å². The third kappa shape index (κ3) is 4.18. The van der Waals surface area contributed by atoms with Gasteiger partial charge in [-0.1, -0.05) is 44.2 Å². The van der Waals surface area contributed by atoms with Gasteiger partial charge in [-0.15, -0.1) is 0 Å². The maximum Gasteiger partial charge on any atom is 0.250 e. The van der Waals surface area contributed by atoms with Crippen LogP contribution in [0.1, 0.15) is 52.9 Å². The summed E-state index contributed by atoms with van der Waals surface area (Å²) in [6, 6.07) is 12.9. The number of aliphatic hydroxyl groups is 1. The standard InChI is InChI=1S/C30H39N3O5/c1-4-14-31-26(35)23-24-28(37)33(15-8-5-9-16-34)25(30(24)18-19(2)29(23,3)38-30)27(36)32-22-13-12-20-10-6-7-11-21(20)17-22/h6-7,10-13,17,19,23-25,34H,4-5,8-9,14-16,18H2,1-3H3,(H,31,35)(H,32,36)/t19?,23-,24-,25?,29+,30?/m0/s1. The van der Waals surface area contributed by atoms with Crippen LogP contribution < -0.4 is 10.6 Å². The topological polar surface area (TPSA) is 108 Å². The van der Waals surface area contributed by atoms with Crippen LogP contribution in [0.4, 0.5) is 5.69 Å². The third-order valence-electron chi connectivity index (χ3n) is 8.97. The molecule has 2 bridgehead atoms. The smallest absolute Gasteiger partial charge is 0.250 e. The number of aliphatic hydroxyl groups excluding tert-OH is 1. The Morgan fingerprint density at radius 3 is 2.61 bits per heavy atom. The average molecular weight is 522 g/mol. The Hall–Kier alpha value is -2.97. The van der Waals surface area contributed by atoms with Crippen molar-refractivity contribution in [2.75, 3.05) is 25.0 Å². The first-order valence-electron chi connectivity index (χ1n) is 14.0. The maximum atomic E-state index is 14.1. The van der Waals surface area contributed by atoms with E-state index in [1.54, 1.807) is 4.90 Å². The monoisotopic (exact) mass is 521 g/mol. The molecule has 8 nitrogen and oxygen atoms in total. The highest BCUT2D eigenvalue weighted by Gasteiger charge is 2.79. The summed E-state index contributed by atoms with van der Waals surface area (Å²) in [5.41, 5.74) is -1.22. The second-order valence-corrected chi connectivity index (χ2v) is 11.4. The molecule has 3 saturated heterocycles. The SMILES string of the molecule is CCCNC(=O)[C@@H]1[C@H]2C(=O)N(CCCCCO)C(C(=O)Nc3ccc4ccccc4c3)C23CC(C)[C@@]1(C)O3. The number of hydrogen-bond donors (Lipinski definition) is 3. The summed E-state index contributed by atoms with van der Waals surface area (Å²) in [6.45, 7) is 6.97. The Labute approximate surface area is 224 Å². The van der Waals surface area contributed by atoms with Gasteiger partial charge >= 0.3 is 0 Å². The number of amides is 3.